The van der Waals surface area contributed by atoms with Gasteiger partial charge in [0.15, 0.2) is 7.28 Å². The Morgan fingerprint density at radius 2 is 1.46 bits per heavy atom. The molecule has 0 spiro atoms. The van der Waals surface area contributed by atoms with Gasteiger partial charge in [0.2, 0.25) is 0 Å². The van der Waals surface area contributed by atoms with Gasteiger partial charge in [0.1, 0.15) is 8.07 Å². The van der Waals surface area contributed by atoms with Crippen molar-refractivity contribution in [2.45, 2.75) is 20.0 Å². The Morgan fingerprint density at radius 3 is 2.38 bits per heavy atom. The molecule has 0 saturated heterocycles. The molecule has 2 aliphatic rings. The minimum absolute atomic E-state index is 1.18. The molecule has 1 radical (unpaired) electrons. The van der Waals surface area contributed by atoms with Crippen LogP contribution in [0.25, 0.3) is 32.9 Å². The summed E-state index contributed by atoms with van der Waals surface area (Å²) in [7, 11) is 0.608. The van der Waals surface area contributed by atoms with Crippen LogP contribution in [0, 0.1) is 6.92 Å². The van der Waals surface area contributed by atoms with Crippen LogP contribution in [0.2, 0.25) is 13.1 Å². The molecule has 3 heterocycles. The number of hydrogen-bond acceptors (Lipinski definition) is 1. The molecule has 5 aromatic carbocycles. The zero-order valence-corrected chi connectivity index (χ0v) is 22.3. The summed E-state index contributed by atoms with van der Waals surface area (Å²) in [6.07, 6.45) is 0. The zero-order chi connectivity index (χ0) is 24.9. The highest BCUT2D eigenvalue weighted by atomic mass is 28.3. The van der Waals surface area contributed by atoms with Crippen molar-refractivity contribution in [2.75, 3.05) is 4.90 Å². The van der Waals surface area contributed by atoms with E-state index in [-0.39, 0.29) is 0 Å². The van der Waals surface area contributed by atoms with E-state index in [4.69, 9.17) is 0 Å². The van der Waals surface area contributed by atoms with Gasteiger partial charge in [-0.05, 0) is 52.1 Å². The van der Waals surface area contributed by atoms with Crippen LogP contribution < -0.4 is 26.2 Å². The molecule has 2 aliphatic heterocycles. The van der Waals surface area contributed by atoms with Crippen molar-refractivity contribution >= 4 is 75.5 Å². The first kappa shape index (κ1) is 21.1. The number of aryl methyl sites for hydroxylation is 1. The first-order valence-electron chi connectivity index (χ1n) is 13.0. The predicted octanol–water partition coefficient (Wildman–Crippen LogP) is 5.87. The third kappa shape index (κ3) is 2.76. The van der Waals surface area contributed by atoms with Gasteiger partial charge in [-0.3, -0.25) is 0 Å². The molecule has 0 amide bonds. The number of fused-ring (bicyclic) bond motifs is 7. The van der Waals surface area contributed by atoms with E-state index < -0.39 is 8.07 Å². The highest BCUT2D eigenvalue weighted by Crippen LogP contribution is 2.41. The molecule has 6 aromatic rings. The lowest BCUT2D eigenvalue weighted by molar-refractivity contribution is 1.28. The van der Waals surface area contributed by atoms with Crippen LogP contribution in [0.3, 0.4) is 0 Å². The molecule has 0 aliphatic carbocycles. The van der Waals surface area contributed by atoms with Crippen LogP contribution in [0.15, 0.2) is 97.1 Å². The van der Waals surface area contributed by atoms with E-state index >= 15 is 0 Å². The molecule has 4 heteroatoms. The summed E-state index contributed by atoms with van der Waals surface area (Å²) in [5, 5.41) is 5.58. The number of aromatic amines is 1. The average molecular weight is 489 g/mol. The fourth-order valence-corrected chi connectivity index (χ4v) is 9.74. The Labute approximate surface area is 218 Å². The second-order valence-electron chi connectivity index (χ2n) is 11.0. The minimum Gasteiger partial charge on any atom is -0.354 e. The maximum absolute atomic E-state index is 3.74. The van der Waals surface area contributed by atoms with E-state index in [1.165, 1.54) is 76.9 Å². The second kappa shape index (κ2) is 7.27. The van der Waals surface area contributed by atoms with Gasteiger partial charge in [0, 0.05) is 38.9 Å². The van der Waals surface area contributed by atoms with E-state index in [2.05, 4.69) is 134 Å². The first-order valence-corrected chi connectivity index (χ1v) is 16.0. The number of aromatic nitrogens is 1. The number of hydrogen-bond donors (Lipinski definition) is 1. The number of benzene rings is 5. The lowest BCUT2D eigenvalue weighted by Gasteiger charge is -2.45. The normalized spacial score (nSPS) is 14.7. The van der Waals surface area contributed by atoms with Crippen molar-refractivity contribution < 1.29 is 0 Å². The van der Waals surface area contributed by atoms with E-state index in [0.717, 1.165) is 0 Å². The van der Waals surface area contributed by atoms with Crippen LogP contribution in [0.1, 0.15) is 5.56 Å². The van der Waals surface area contributed by atoms with Gasteiger partial charge in [0.25, 0.3) is 0 Å². The summed E-state index contributed by atoms with van der Waals surface area (Å²) in [6.45, 7) is 7.21. The summed E-state index contributed by atoms with van der Waals surface area (Å²) in [5.41, 5.74) is 12.8. The maximum atomic E-state index is 3.74. The van der Waals surface area contributed by atoms with E-state index in [1.807, 2.05) is 0 Å². The van der Waals surface area contributed by atoms with Crippen molar-refractivity contribution in [2.24, 2.45) is 0 Å². The summed E-state index contributed by atoms with van der Waals surface area (Å²) in [5.74, 6) is 0. The summed E-state index contributed by atoms with van der Waals surface area (Å²) >= 11 is 0. The van der Waals surface area contributed by atoms with Gasteiger partial charge in [-0.1, -0.05) is 97.4 Å². The number of para-hydroxylation sites is 4. The molecule has 37 heavy (non-hydrogen) atoms. The number of nitrogens with zero attached hydrogens (tertiary/aromatic N) is 1. The van der Waals surface area contributed by atoms with Crippen LogP contribution in [-0.4, -0.2) is 20.3 Å². The molecule has 0 saturated carbocycles. The van der Waals surface area contributed by atoms with E-state index in [9.17, 15) is 0 Å². The Balaban J connectivity index is 1.45. The molecule has 0 bridgehead atoms. The van der Waals surface area contributed by atoms with Gasteiger partial charge < -0.3 is 9.88 Å². The SMILES string of the molecule is Cc1cc(-c2cccc3c2[nH]c2ccccc23)c2c(c1)N1c3ccccc3[Si](C)(C)c3cccc(c31)[B]2. The van der Waals surface area contributed by atoms with Crippen LogP contribution >= 0.6 is 0 Å². The third-order valence-electron chi connectivity index (χ3n) is 8.46. The molecule has 2 nitrogen and oxygen atoms in total. The third-order valence-corrected chi connectivity index (χ3v) is 12.0. The van der Waals surface area contributed by atoms with Crippen molar-refractivity contribution in [3.8, 4) is 11.1 Å². The first-order chi connectivity index (χ1) is 18.0. The zero-order valence-electron chi connectivity index (χ0n) is 21.3. The lowest BCUT2D eigenvalue weighted by atomic mass is 9.58. The van der Waals surface area contributed by atoms with Crippen LogP contribution in [0.5, 0.6) is 0 Å². The van der Waals surface area contributed by atoms with Crippen LogP contribution in [-0.2, 0) is 0 Å². The molecule has 0 atom stereocenters. The maximum Gasteiger partial charge on any atom is 0.197 e. The second-order valence-corrected chi connectivity index (χ2v) is 15.3. The summed E-state index contributed by atoms with van der Waals surface area (Å²) in [6, 6.07) is 36.0. The molecule has 0 unspecified atom stereocenters. The highest BCUT2D eigenvalue weighted by molar-refractivity contribution is 7.03. The molecular weight excluding hydrogens is 463 g/mol. The highest BCUT2D eigenvalue weighted by Gasteiger charge is 2.42. The van der Waals surface area contributed by atoms with Gasteiger partial charge in [0.05, 0.1) is 5.52 Å². The number of anilines is 3. The van der Waals surface area contributed by atoms with Gasteiger partial charge in [-0.15, -0.1) is 0 Å². The number of nitrogens with one attached hydrogen (secondary N) is 1. The van der Waals surface area contributed by atoms with Crippen molar-refractivity contribution in [1.29, 1.82) is 0 Å². The molecule has 8 rings (SSSR count). The molecule has 175 valence electrons. The Hall–Kier alpha value is -4.02. The lowest BCUT2D eigenvalue weighted by Crippen LogP contribution is -2.62. The summed E-state index contributed by atoms with van der Waals surface area (Å²) < 4.78 is 0. The minimum atomic E-state index is -1.82. The smallest absolute Gasteiger partial charge is 0.197 e. The fourth-order valence-electron chi connectivity index (χ4n) is 6.74. The van der Waals surface area contributed by atoms with E-state index in [0.29, 0.717) is 0 Å². The standard InChI is InChI=1S/C33H26BN2Si/c1-20-18-24(23-12-8-11-22-21-10-4-5-14-26(21)35-32(22)23)31-28(19-20)36-27-15-6-7-16-29(27)37(2,3)30-17-9-13-25(34-31)33(30)36/h4-19,35H,1-3H3. The molecule has 1 aromatic heterocycles. The Kier molecular flexibility index (Phi) is 4.15. The van der Waals surface area contributed by atoms with Crippen molar-refractivity contribution in [1.82, 2.24) is 4.98 Å². The van der Waals surface area contributed by atoms with E-state index in [1.54, 1.807) is 0 Å². The summed E-state index contributed by atoms with van der Waals surface area (Å²) in [4.78, 5) is 6.29. The van der Waals surface area contributed by atoms with Crippen molar-refractivity contribution in [3.63, 3.8) is 0 Å². The Bertz CT molecular complexity index is 1920. The predicted molar refractivity (Wildman–Crippen MR) is 162 cm³/mol. The van der Waals surface area contributed by atoms with Crippen LogP contribution in [0.4, 0.5) is 17.1 Å². The van der Waals surface area contributed by atoms with Gasteiger partial charge >= 0.3 is 0 Å². The quantitative estimate of drug-likeness (QED) is 0.286. The number of rotatable bonds is 1. The topological polar surface area (TPSA) is 19.0 Å². The molecular formula is C33H26BN2Si. The fraction of sp³-hybridized carbons (Fsp3) is 0.0909. The molecule has 1 N–H and O–H groups in total. The monoisotopic (exact) mass is 489 g/mol. The van der Waals surface area contributed by atoms with Gasteiger partial charge in [-0.2, -0.15) is 0 Å². The molecule has 0 fully saturated rings. The number of H-pyrrole nitrogens is 1. The Morgan fingerprint density at radius 1 is 0.703 bits per heavy atom. The largest absolute Gasteiger partial charge is 0.354 e. The average Bonchev–Trinajstić information content (AvgIpc) is 3.30. The van der Waals surface area contributed by atoms with Crippen molar-refractivity contribution in [3.05, 3.63) is 103 Å². The van der Waals surface area contributed by atoms with Gasteiger partial charge in [-0.25, -0.2) is 0 Å².